The third-order valence-corrected chi connectivity index (χ3v) is 4.58. The van der Waals surface area contributed by atoms with E-state index in [1.54, 1.807) is 12.1 Å². The molecule has 1 aromatic carbocycles. The predicted molar refractivity (Wildman–Crippen MR) is 105 cm³/mol. The van der Waals surface area contributed by atoms with E-state index in [-0.39, 0.29) is 35.5 Å². The van der Waals surface area contributed by atoms with Gasteiger partial charge in [-0.2, -0.15) is 0 Å². The Morgan fingerprint density at radius 2 is 1.93 bits per heavy atom. The lowest BCUT2D eigenvalue weighted by atomic mass is 9.92. The highest BCUT2D eigenvalue weighted by Gasteiger charge is 2.29. The maximum atomic E-state index is 13.2. The first kappa shape index (κ1) is 21.1. The van der Waals surface area contributed by atoms with Gasteiger partial charge in [-0.25, -0.2) is 0 Å². The average Bonchev–Trinajstić information content (AvgIpc) is 2.75. The van der Waals surface area contributed by atoms with Crippen LogP contribution in [0.5, 0.6) is 11.5 Å². The van der Waals surface area contributed by atoms with Crippen LogP contribution < -0.4 is 15.6 Å². The van der Waals surface area contributed by atoms with Gasteiger partial charge in [0, 0.05) is 18.7 Å². The van der Waals surface area contributed by atoms with E-state index >= 15 is 0 Å². The summed E-state index contributed by atoms with van der Waals surface area (Å²) in [6.07, 6.45) is 0.802. The molecule has 0 spiro atoms. The number of benzene rings is 1. The molecule has 9 heteroatoms. The molecule has 158 valence electrons. The molecule has 0 saturated carbocycles. The van der Waals surface area contributed by atoms with Gasteiger partial charge >= 0.3 is 5.97 Å². The number of aromatic hydroxyl groups is 1. The van der Waals surface area contributed by atoms with E-state index < -0.39 is 28.5 Å². The van der Waals surface area contributed by atoms with Gasteiger partial charge in [-0.05, 0) is 18.2 Å². The zero-order chi connectivity index (χ0) is 21.8. The zero-order valence-corrected chi connectivity index (χ0v) is 16.6. The maximum absolute atomic E-state index is 13.2. The molecular weight excluding hydrogens is 396 g/mol. The molecule has 0 amide bonds. The smallest absolute Gasteiger partial charge is 0.306 e. The molecule has 1 N–H and O–H groups in total. The number of ether oxygens (including phenoxy) is 3. The summed E-state index contributed by atoms with van der Waals surface area (Å²) in [5, 5.41) is 10.5. The SMILES string of the molecule is COCc1cc(=O)c(O)c([C@@H](CC(=O)OC)c2coc3ccc(OC)cc3c2=O)o1. The Morgan fingerprint density at radius 3 is 2.60 bits per heavy atom. The van der Waals surface area contributed by atoms with Gasteiger partial charge in [0.2, 0.25) is 11.2 Å². The Bertz CT molecular complexity index is 1190. The molecule has 2 aromatic heterocycles. The van der Waals surface area contributed by atoms with Crippen molar-refractivity contribution in [1.29, 1.82) is 0 Å². The second-order valence-corrected chi connectivity index (χ2v) is 6.44. The van der Waals surface area contributed by atoms with Crippen LogP contribution in [0.3, 0.4) is 0 Å². The summed E-state index contributed by atoms with van der Waals surface area (Å²) in [5.41, 5.74) is -0.886. The zero-order valence-electron chi connectivity index (χ0n) is 16.6. The van der Waals surface area contributed by atoms with Gasteiger partial charge < -0.3 is 28.2 Å². The van der Waals surface area contributed by atoms with Crippen molar-refractivity contribution in [3.05, 3.63) is 68.1 Å². The summed E-state index contributed by atoms with van der Waals surface area (Å²) >= 11 is 0. The van der Waals surface area contributed by atoms with Crippen molar-refractivity contribution in [2.75, 3.05) is 21.3 Å². The van der Waals surface area contributed by atoms with E-state index in [2.05, 4.69) is 0 Å². The summed E-state index contributed by atoms with van der Waals surface area (Å²) in [5.74, 6) is -2.22. The molecule has 9 nitrogen and oxygen atoms in total. The Kier molecular flexibility index (Phi) is 6.22. The molecule has 0 fully saturated rings. The summed E-state index contributed by atoms with van der Waals surface area (Å²) in [4.78, 5) is 37.5. The summed E-state index contributed by atoms with van der Waals surface area (Å²) in [6.45, 7) is -0.0447. The number of hydrogen-bond donors (Lipinski definition) is 1. The molecule has 3 aromatic rings. The van der Waals surface area contributed by atoms with Gasteiger partial charge in [-0.15, -0.1) is 0 Å². The van der Waals surface area contributed by atoms with Gasteiger partial charge in [0.1, 0.15) is 23.7 Å². The van der Waals surface area contributed by atoms with E-state index in [4.69, 9.17) is 23.0 Å². The number of hydrogen-bond acceptors (Lipinski definition) is 9. The Morgan fingerprint density at radius 1 is 1.17 bits per heavy atom. The topological polar surface area (TPSA) is 125 Å². The monoisotopic (exact) mass is 416 g/mol. The minimum Gasteiger partial charge on any atom is -0.502 e. The van der Waals surface area contributed by atoms with Crippen LogP contribution in [0.4, 0.5) is 0 Å². The molecule has 0 aliphatic rings. The van der Waals surface area contributed by atoms with Crippen molar-refractivity contribution in [3.63, 3.8) is 0 Å². The molecule has 3 rings (SSSR count). The Balaban J connectivity index is 2.26. The standard InChI is InChI=1S/C21H20O9/c1-26-9-12-7-16(22)20(25)21(30-12)13(8-18(23)28-3)15-10-29-17-5-4-11(27-2)6-14(17)19(15)24/h4-7,10,13,25H,8-9H2,1-3H3/t13-/m0/s1. The van der Waals surface area contributed by atoms with E-state index in [9.17, 15) is 19.5 Å². The van der Waals surface area contributed by atoms with Crippen LogP contribution >= 0.6 is 0 Å². The lowest BCUT2D eigenvalue weighted by Crippen LogP contribution is -2.20. The van der Waals surface area contributed by atoms with Crippen LogP contribution in [0.2, 0.25) is 0 Å². The third-order valence-electron chi connectivity index (χ3n) is 4.58. The number of carbonyl (C=O) groups excluding carboxylic acids is 1. The molecule has 1 atom stereocenters. The van der Waals surface area contributed by atoms with Gasteiger partial charge in [-0.1, -0.05) is 0 Å². The maximum Gasteiger partial charge on any atom is 0.306 e. The highest BCUT2D eigenvalue weighted by Crippen LogP contribution is 2.33. The molecule has 30 heavy (non-hydrogen) atoms. The van der Waals surface area contributed by atoms with Crippen molar-refractivity contribution >= 4 is 16.9 Å². The molecule has 0 radical (unpaired) electrons. The molecule has 0 unspecified atom stereocenters. The van der Waals surface area contributed by atoms with Crippen LogP contribution in [0.15, 0.2) is 49.0 Å². The molecule has 0 aliphatic carbocycles. The van der Waals surface area contributed by atoms with E-state index in [0.717, 1.165) is 6.07 Å². The molecule has 0 aliphatic heterocycles. The fourth-order valence-electron chi connectivity index (χ4n) is 3.09. The number of methoxy groups -OCH3 is 3. The van der Waals surface area contributed by atoms with Crippen molar-refractivity contribution < 1.29 is 32.9 Å². The lowest BCUT2D eigenvalue weighted by Gasteiger charge is -2.17. The van der Waals surface area contributed by atoms with Gasteiger partial charge in [0.15, 0.2) is 11.2 Å². The van der Waals surface area contributed by atoms with Crippen LogP contribution in [-0.2, 0) is 20.9 Å². The van der Waals surface area contributed by atoms with Gasteiger partial charge in [0.05, 0.1) is 38.2 Å². The van der Waals surface area contributed by atoms with Crippen molar-refractivity contribution in [2.45, 2.75) is 18.9 Å². The number of rotatable bonds is 7. The first-order valence-corrected chi connectivity index (χ1v) is 8.90. The number of carbonyl (C=O) groups is 1. The minimum atomic E-state index is -1.13. The van der Waals surface area contributed by atoms with Crippen molar-refractivity contribution in [2.24, 2.45) is 0 Å². The van der Waals surface area contributed by atoms with E-state index in [1.165, 1.54) is 33.7 Å². The van der Waals surface area contributed by atoms with Crippen molar-refractivity contribution in [3.8, 4) is 11.5 Å². The fraction of sp³-hybridized carbons (Fsp3) is 0.286. The fourth-order valence-corrected chi connectivity index (χ4v) is 3.09. The summed E-state index contributed by atoms with van der Waals surface area (Å²) in [7, 11) is 4.05. The number of esters is 1. The first-order chi connectivity index (χ1) is 14.4. The first-order valence-electron chi connectivity index (χ1n) is 8.90. The normalized spacial score (nSPS) is 12.0. The summed E-state index contributed by atoms with van der Waals surface area (Å²) < 4.78 is 26.0. The van der Waals surface area contributed by atoms with Gasteiger partial charge in [-0.3, -0.25) is 14.4 Å². The Labute approximate surface area is 170 Å². The molecule has 0 saturated heterocycles. The average molecular weight is 416 g/mol. The second kappa shape index (κ2) is 8.83. The molecule has 2 heterocycles. The van der Waals surface area contributed by atoms with Crippen molar-refractivity contribution in [1.82, 2.24) is 0 Å². The molecule has 0 bridgehead atoms. The highest BCUT2D eigenvalue weighted by atomic mass is 16.5. The van der Waals surface area contributed by atoms with Gasteiger partial charge in [0.25, 0.3) is 0 Å². The van der Waals surface area contributed by atoms with Crippen LogP contribution in [0, 0.1) is 0 Å². The largest absolute Gasteiger partial charge is 0.502 e. The van der Waals surface area contributed by atoms with Crippen LogP contribution in [0.1, 0.15) is 29.4 Å². The minimum absolute atomic E-state index is 0.00849. The highest BCUT2D eigenvalue weighted by molar-refractivity contribution is 5.79. The van der Waals surface area contributed by atoms with E-state index in [1.807, 2.05) is 0 Å². The predicted octanol–water partition coefficient (Wildman–Crippen LogP) is 2.30. The second-order valence-electron chi connectivity index (χ2n) is 6.44. The molecular formula is C21H20O9. The summed E-state index contributed by atoms with van der Waals surface area (Å²) in [6, 6.07) is 5.78. The lowest BCUT2D eigenvalue weighted by molar-refractivity contribution is -0.140. The van der Waals surface area contributed by atoms with Crippen LogP contribution in [0.25, 0.3) is 11.0 Å². The quantitative estimate of drug-likeness (QED) is 0.577. The Hall–Kier alpha value is -3.59. The third kappa shape index (κ3) is 4.06. The van der Waals surface area contributed by atoms with Crippen LogP contribution in [-0.4, -0.2) is 32.4 Å². The van der Waals surface area contributed by atoms with E-state index in [0.29, 0.717) is 11.3 Å². The number of fused-ring (bicyclic) bond motifs is 1.